The van der Waals surface area contributed by atoms with Crippen molar-refractivity contribution < 1.29 is 0 Å². The molecule has 0 bridgehead atoms. The monoisotopic (exact) mass is 256 g/mol. The Balaban J connectivity index is 1.56. The highest BCUT2D eigenvalue weighted by atomic mass is 15.2. The first-order valence-electron chi connectivity index (χ1n) is 7.02. The van der Waals surface area contributed by atoms with E-state index < -0.39 is 0 Å². The van der Waals surface area contributed by atoms with Crippen LogP contribution in [-0.2, 0) is 19.3 Å². The Kier molecular flexibility index (Phi) is 3.60. The fourth-order valence-corrected chi connectivity index (χ4v) is 2.74. The molecule has 1 unspecified atom stereocenters. The van der Waals surface area contributed by atoms with Gasteiger partial charge in [-0.2, -0.15) is 5.10 Å². The number of nitrogens with one attached hydrogen (secondary N) is 2. The predicted molar refractivity (Wildman–Crippen MR) is 75.0 cm³/mol. The summed E-state index contributed by atoms with van der Waals surface area (Å²) >= 11 is 0. The molecular formula is C15H20N4. The van der Waals surface area contributed by atoms with Crippen molar-refractivity contribution in [2.24, 2.45) is 0 Å². The number of hydrogen-bond acceptors (Lipinski definition) is 3. The molecule has 4 heteroatoms. The summed E-state index contributed by atoms with van der Waals surface area (Å²) in [5, 5.41) is 10.3. The second-order valence-electron chi connectivity index (χ2n) is 5.24. The van der Waals surface area contributed by atoms with Crippen LogP contribution in [-0.4, -0.2) is 21.7 Å². The van der Waals surface area contributed by atoms with E-state index in [-0.39, 0.29) is 0 Å². The summed E-state index contributed by atoms with van der Waals surface area (Å²) in [5.74, 6) is 0.939. The molecule has 0 aliphatic heterocycles. The maximum atomic E-state index is 4.13. The van der Waals surface area contributed by atoms with Gasteiger partial charge >= 0.3 is 0 Å². The van der Waals surface area contributed by atoms with Crippen LogP contribution in [0.15, 0.2) is 24.5 Å². The lowest BCUT2D eigenvalue weighted by atomic mass is 10.0. The molecule has 0 amide bonds. The maximum Gasteiger partial charge on any atom is 0.137 e. The van der Waals surface area contributed by atoms with Gasteiger partial charge in [-0.3, -0.25) is 5.10 Å². The highest BCUT2D eigenvalue weighted by molar-refractivity contribution is 5.36. The van der Waals surface area contributed by atoms with Crippen LogP contribution in [0, 0.1) is 0 Å². The minimum absolute atomic E-state index is 0.383. The lowest BCUT2D eigenvalue weighted by molar-refractivity contribution is 0.570. The van der Waals surface area contributed by atoms with Crippen molar-refractivity contribution in [1.29, 1.82) is 0 Å². The summed E-state index contributed by atoms with van der Waals surface area (Å²) < 4.78 is 0. The summed E-state index contributed by atoms with van der Waals surface area (Å²) in [6.07, 6.45) is 6.25. The van der Waals surface area contributed by atoms with E-state index in [0.29, 0.717) is 6.04 Å². The molecule has 1 aliphatic rings. The standard InChI is InChI=1S/C15H20N4/c1-11(16-8-7-15-17-10-18-19-15)13-6-5-12-3-2-4-14(12)9-13/h5-6,9-11,16H,2-4,7-8H2,1H3,(H,17,18,19). The highest BCUT2D eigenvalue weighted by Gasteiger charge is 2.13. The van der Waals surface area contributed by atoms with Crippen LogP contribution in [0.1, 0.15) is 41.9 Å². The van der Waals surface area contributed by atoms with Gasteiger partial charge in [0.05, 0.1) is 0 Å². The van der Waals surface area contributed by atoms with Gasteiger partial charge < -0.3 is 5.32 Å². The van der Waals surface area contributed by atoms with E-state index in [1.54, 1.807) is 11.9 Å². The molecule has 0 radical (unpaired) electrons. The molecule has 0 saturated heterocycles. The number of benzene rings is 1. The van der Waals surface area contributed by atoms with Crippen LogP contribution >= 0.6 is 0 Å². The first kappa shape index (κ1) is 12.4. The van der Waals surface area contributed by atoms with Crippen LogP contribution in [0.3, 0.4) is 0 Å². The van der Waals surface area contributed by atoms with Crippen LogP contribution < -0.4 is 5.32 Å². The van der Waals surface area contributed by atoms with Crippen LogP contribution in [0.25, 0.3) is 0 Å². The fourth-order valence-electron chi connectivity index (χ4n) is 2.74. The minimum Gasteiger partial charge on any atom is -0.310 e. The van der Waals surface area contributed by atoms with Crippen molar-refractivity contribution in [1.82, 2.24) is 20.5 Å². The number of nitrogens with zero attached hydrogens (tertiary/aromatic N) is 2. The lowest BCUT2D eigenvalue weighted by Gasteiger charge is -2.15. The molecular weight excluding hydrogens is 236 g/mol. The van der Waals surface area contributed by atoms with Gasteiger partial charge in [0.25, 0.3) is 0 Å². The molecule has 2 aromatic rings. The number of aromatic amines is 1. The van der Waals surface area contributed by atoms with Crippen molar-refractivity contribution in [3.63, 3.8) is 0 Å². The van der Waals surface area contributed by atoms with Gasteiger partial charge in [0.2, 0.25) is 0 Å². The lowest BCUT2D eigenvalue weighted by Crippen LogP contribution is -2.21. The van der Waals surface area contributed by atoms with Gasteiger partial charge in [0, 0.05) is 19.0 Å². The number of hydrogen-bond donors (Lipinski definition) is 2. The quantitative estimate of drug-likeness (QED) is 0.862. The molecule has 0 spiro atoms. The Morgan fingerprint density at radius 3 is 3.05 bits per heavy atom. The second kappa shape index (κ2) is 5.53. The molecule has 2 N–H and O–H groups in total. The summed E-state index contributed by atoms with van der Waals surface area (Å²) in [4.78, 5) is 4.13. The first-order chi connectivity index (χ1) is 9.33. The molecule has 0 fully saturated rings. The number of aryl methyl sites for hydroxylation is 2. The van der Waals surface area contributed by atoms with Crippen molar-refractivity contribution in [2.45, 2.75) is 38.6 Å². The highest BCUT2D eigenvalue weighted by Crippen LogP contribution is 2.25. The Morgan fingerprint density at radius 2 is 2.21 bits per heavy atom. The molecule has 1 aliphatic carbocycles. The normalized spacial score (nSPS) is 15.4. The van der Waals surface area contributed by atoms with E-state index in [2.05, 4.69) is 45.6 Å². The van der Waals surface area contributed by atoms with Crippen LogP contribution in [0.2, 0.25) is 0 Å². The Morgan fingerprint density at radius 1 is 1.32 bits per heavy atom. The molecule has 100 valence electrons. The zero-order valence-corrected chi connectivity index (χ0v) is 11.3. The van der Waals surface area contributed by atoms with Crippen molar-refractivity contribution >= 4 is 0 Å². The fraction of sp³-hybridized carbons (Fsp3) is 0.467. The molecule has 4 nitrogen and oxygen atoms in total. The molecule has 1 aromatic heterocycles. The van der Waals surface area contributed by atoms with Crippen LogP contribution in [0.4, 0.5) is 0 Å². The molecule has 1 heterocycles. The average Bonchev–Trinajstić information content (AvgIpc) is 3.08. The predicted octanol–water partition coefficient (Wildman–Crippen LogP) is 2.19. The van der Waals surface area contributed by atoms with Gasteiger partial charge in [-0.05, 0) is 42.9 Å². The first-order valence-corrected chi connectivity index (χ1v) is 7.02. The summed E-state index contributed by atoms with van der Waals surface area (Å²) in [6, 6.07) is 7.31. The van der Waals surface area contributed by atoms with Gasteiger partial charge in [-0.1, -0.05) is 18.2 Å². The van der Waals surface area contributed by atoms with Crippen LogP contribution in [0.5, 0.6) is 0 Å². The van der Waals surface area contributed by atoms with Gasteiger partial charge in [0.1, 0.15) is 12.2 Å². The van der Waals surface area contributed by atoms with Crippen molar-refractivity contribution in [3.05, 3.63) is 47.0 Å². The van der Waals surface area contributed by atoms with Gasteiger partial charge in [-0.15, -0.1) is 0 Å². The second-order valence-corrected chi connectivity index (χ2v) is 5.24. The maximum absolute atomic E-state index is 4.13. The van der Waals surface area contributed by atoms with E-state index in [1.807, 2.05) is 0 Å². The SMILES string of the molecule is CC(NCCc1ncn[nH]1)c1ccc2c(c1)CCC2. The summed E-state index contributed by atoms with van der Waals surface area (Å²) in [7, 11) is 0. The van der Waals surface area contributed by atoms with E-state index in [1.165, 1.54) is 30.4 Å². The van der Waals surface area contributed by atoms with E-state index >= 15 is 0 Å². The molecule has 1 aromatic carbocycles. The van der Waals surface area contributed by atoms with Crippen molar-refractivity contribution in [2.75, 3.05) is 6.54 Å². The molecule has 0 saturated carbocycles. The van der Waals surface area contributed by atoms with Gasteiger partial charge in [-0.25, -0.2) is 4.98 Å². The number of fused-ring (bicyclic) bond motifs is 1. The van der Waals surface area contributed by atoms with E-state index in [9.17, 15) is 0 Å². The Bertz CT molecular complexity index is 533. The molecule has 1 atom stereocenters. The molecule has 19 heavy (non-hydrogen) atoms. The Labute approximate surface area is 113 Å². The summed E-state index contributed by atoms with van der Waals surface area (Å²) in [6.45, 7) is 3.13. The number of aromatic nitrogens is 3. The largest absolute Gasteiger partial charge is 0.310 e. The molecule has 3 rings (SSSR count). The third kappa shape index (κ3) is 2.84. The van der Waals surface area contributed by atoms with Gasteiger partial charge in [0.15, 0.2) is 0 Å². The topological polar surface area (TPSA) is 53.6 Å². The van der Waals surface area contributed by atoms with Crippen molar-refractivity contribution in [3.8, 4) is 0 Å². The smallest absolute Gasteiger partial charge is 0.137 e. The number of rotatable bonds is 5. The summed E-state index contributed by atoms with van der Waals surface area (Å²) in [5.41, 5.74) is 4.47. The third-order valence-corrected chi connectivity index (χ3v) is 3.90. The zero-order chi connectivity index (χ0) is 13.1. The third-order valence-electron chi connectivity index (χ3n) is 3.90. The average molecular weight is 256 g/mol. The number of H-pyrrole nitrogens is 1. The van der Waals surface area contributed by atoms with E-state index in [4.69, 9.17) is 0 Å². The zero-order valence-electron chi connectivity index (χ0n) is 11.3. The van der Waals surface area contributed by atoms with E-state index in [0.717, 1.165) is 18.8 Å². The minimum atomic E-state index is 0.383. The Hall–Kier alpha value is -1.68.